The number of carbonyl (C=O) groups excluding carboxylic acids is 1. The summed E-state index contributed by atoms with van der Waals surface area (Å²) in [6, 6.07) is 11.4. The Morgan fingerprint density at radius 3 is 2.50 bits per heavy atom. The average molecular weight is 484 g/mol. The van der Waals surface area contributed by atoms with E-state index in [2.05, 4.69) is 25.7 Å². The zero-order valence-electron chi connectivity index (χ0n) is 20.6. The monoisotopic (exact) mass is 483 g/mol. The van der Waals surface area contributed by atoms with Gasteiger partial charge in [0.15, 0.2) is 11.0 Å². The van der Waals surface area contributed by atoms with Crippen LogP contribution in [0.1, 0.15) is 38.6 Å². The van der Waals surface area contributed by atoms with Gasteiger partial charge in [-0.1, -0.05) is 6.92 Å². The van der Waals surface area contributed by atoms with Crippen molar-refractivity contribution < 1.29 is 9.53 Å². The molecular formula is C24H33N7O2S. The van der Waals surface area contributed by atoms with Crippen LogP contribution in [-0.4, -0.2) is 58.2 Å². The van der Waals surface area contributed by atoms with Gasteiger partial charge >= 0.3 is 0 Å². The molecule has 3 N–H and O–H groups in total. The number of H-pyrrole nitrogens is 1. The first-order chi connectivity index (χ1) is 16.1. The lowest BCUT2D eigenvalue weighted by Gasteiger charge is -2.26. The van der Waals surface area contributed by atoms with Gasteiger partial charge in [-0.2, -0.15) is 5.10 Å². The molecule has 0 spiro atoms. The molecule has 2 heterocycles. The van der Waals surface area contributed by atoms with E-state index >= 15 is 0 Å². The Labute approximate surface area is 205 Å². The largest absolute Gasteiger partial charge is 0.368 e. The Morgan fingerprint density at radius 2 is 1.88 bits per heavy atom. The summed E-state index contributed by atoms with van der Waals surface area (Å²) in [6.07, 6.45) is 0.439. The van der Waals surface area contributed by atoms with E-state index in [0.29, 0.717) is 29.8 Å². The zero-order valence-corrected chi connectivity index (χ0v) is 21.4. The van der Waals surface area contributed by atoms with Crippen molar-refractivity contribution in [2.75, 3.05) is 37.9 Å². The van der Waals surface area contributed by atoms with E-state index < -0.39 is 5.60 Å². The van der Waals surface area contributed by atoms with Crippen molar-refractivity contribution >= 4 is 35.0 Å². The molecular weight excluding hydrogens is 450 g/mol. The first kappa shape index (κ1) is 25.7. The summed E-state index contributed by atoms with van der Waals surface area (Å²) < 4.78 is 6.17. The van der Waals surface area contributed by atoms with Crippen LogP contribution in [0, 0.1) is 6.92 Å². The highest BCUT2D eigenvalue weighted by Gasteiger charge is 2.25. The van der Waals surface area contributed by atoms with Gasteiger partial charge in [0.1, 0.15) is 11.4 Å². The number of aryl methyl sites for hydroxylation is 1. The standard InChI is InChI=1S/C24H33N7O2S/c1-7-22(32)25-17-8-10-18(11-9-17)34-23-26-19(24(3,4)33-13-12-31(5)6)15-20(28-23)27-21-14-16(2)29-30-21/h8-11,14-15H,7,12-13H2,1-6H3,(H,25,32)(H2,26,27,28,29,30). The van der Waals surface area contributed by atoms with E-state index in [1.54, 1.807) is 0 Å². The summed E-state index contributed by atoms with van der Waals surface area (Å²) in [5, 5.41) is 13.9. The molecule has 0 bridgehead atoms. The van der Waals surface area contributed by atoms with Crippen LogP contribution in [0.5, 0.6) is 0 Å². The molecule has 10 heteroatoms. The molecule has 3 aromatic rings. The third-order valence-electron chi connectivity index (χ3n) is 4.95. The first-order valence-corrected chi connectivity index (χ1v) is 12.0. The van der Waals surface area contributed by atoms with Gasteiger partial charge in [0, 0.05) is 41.4 Å². The SMILES string of the molecule is CCC(=O)Nc1ccc(Sc2nc(Nc3cc(C)[nH]n3)cc(C(C)(C)OCCN(C)C)n2)cc1. The fourth-order valence-corrected chi connectivity index (χ4v) is 3.75. The molecule has 0 atom stereocenters. The number of nitrogens with zero attached hydrogens (tertiary/aromatic N) is 4. The van der Waals surface area contributed by atoms with Gasteiger partial charge in [0.2, 0.25) is 5.91 Å². The number of carbonyl (C=O) groups is 1. The van der Waals surface area contributed by atoms with Crippen molar-refractivity contribution in [1.29, 1.82) is 0 Å². The highest BCUT2D eigenvalue weighted by molar-refractivity contribution is 7.99. The zero-order chi connectivity index (χ0) is 24.7. The molecule has 0 aliphatic carbocycles. The number of benzene rings is 1. The van der Waals surface area contributed by atoms with Crippen LogP contribution < -0.4 is 10.6 Å². The number of ether oxygens (including phenoxy) is 1. The maximum absolute atomic E-state index is 11.6. The summed E-state index contributed by atoms with van der Waals surface area (Å²) in [4.78, 5) is 24.2. The van der Waals surface area contributed by atoms with Crippen molar-refractivity contribution in [1.82, 2.24) is 25.1 Å². The van der Waals surface area contributed by atoms with Crippen LogP contribution in [0.2, 0.25) is 0 Å². The third kappa shape index (κ3) is 7.54. The number of likely N-dealkylation sites (N-methyl/N-ethyl adjacent to an activating group) is 1. The van der Waals surface area contributed by atoms with Gasteiger partial charge in [0.25, 0.3) is 0 Å². The summed E-state index contributed by atoms with van der Waals surface area (Å²) in [5.74, 6) is 1.30. The maximum Gasteiger partial charge on any atom is 0.224 e. The van der Waals surface area contributed by atoms with Crippen LogP contribution in [0.4, 0.5) is 17.3 Å². The second-order valence-electron chi connectivity index (χ2n) is 8.67. The lowest BCUT2D eigenvalue weighted by atomic mass is 10.0. The van der Waals surface area contributed by atoms with Crippen LogP contribution in [0.15, 0.2) is 46.5 Å². The van der Waals surface area contributed by atoms with E-state index in [0.717, 1.165) is 28.5 Å². The summed E-state index contributed by atoms with van der Waals surface area (Å²) in [6.45, 7) is 9.18. The number of rotatable bonds is 11. The number of hydrogen-bond acceptors (Lipinski definition) is 8. The third-order valence-corrected chi connectivity index (χ3v) is 5.83. The van der Waals surface area contributed by atoms with Gasteiger partial charge in [-0.15, -0.1) is 0 Å². The molecule has 9 nitrogen and oxygen atoms in total. The molecule has 0 fully saturated rings. The van der Waals surface area contributed by atoms with E-state index in [9.17, 15) is 4.79 Å². The number of aromatic amines is 1. The van der Waals surface area contributed by atoms with Crippen LogP contribution in [0.25, 0.3) is 0 Å². The molecule has 3 rings (SSSR count). The number of aromatic nitrogens is 4. The normalized spacial score (nSPS) is 11.6. The molecule has 1 aromatic carbocycles. The van der Waals surface area contributed by atoms with E-state index in [-0.39, 0.29) is 5.91 Å². The molecule has 0 aliphatic heterocycles. The molecule has 1 amide bonds. The number of amides is 1. The Balaban J connectivity index is 1.85. The number of anilines is 3. The maximum atomic E-state index is 11.6. The number of nitrogens with one attached hydrogen (secondary N) is 3. The minimum absolute atomic E-state index is 0.0164. The smallest absolute Gasteiger partial charge is 0.224 e. The Bertz CT molecular complexity index is 1100. The Hall–Kier alpha value is -2.95. The molecule has 2 aromatic heterocycles. The average Bonchev–Trinajstić information content (AvgIpc) is 3.19. The van der Waals surface area contributed by atoms with Gasteiger partial charge < -0.3 is 20.3 Å². The van der Waals surface area contributed by atoms with Gasteiger partial charge in [-0.25, -0.2) is 9.97 Å². The van der Waals surface area contributed by atoms with E-state index in [1.165, 1.54) is 11.8 Å². The van der Waals surface area contributed by atoms with Crippen molar-refractivity contribution in [3.63, 3.8) is 0 Å². The minimum Gasteiger partial charge on any atom is -0.368 e. The Kier molecular flexibility index (Phi) is 8.65. The van der Waals surface area contributed by atoms with Crippen molar-refractivity contribution in [2.45, 2.75) is 49.8 Å². The lowest BCUT2D eigenvalue weighted by Crippen LogP contribution is -2.28. The van der Waals surface area contributed by atoms with Crippen molar-refractivity contribution in [3.8, 4) is 0 Å². The second-order valence-corrected chi connectivity index (χ2v) is 9.71. The van der Waals surface area contributed by atoms with Crippen LogP contribution in [-0.2, 0) is 15.1 Å². The van der Waals surface area contributed by atoms with Crippen molar-refractivity contribution in [3.05, 3.63) is 47.8 Å². The number of hydrogen-bond donors (Lipinski definition) is 3. The first-order valence-electron chi connectivity index (χ1n) is 11.2. The van der Waals surface area contributed by atoms with Crippen molar-refractivity contribution in [2.24, 2.45) is 0 Å². The van der Waals surface area contributed by atoms with Gasteiger partial charge in [0.05, 0.1) is 12.3 Å². The van der Waals surface area contributed by atoms with Gasteiger partial charge in [-0.05, 0) is 70.9 Å². The van der Waals surface area contributed by atoms with Gasteiger partial charge in [-0.3, -0.25) is 9.89 Å². The predicted octanol–water partition coefficient (Wildman–Crippen LogP) is 4.56. The fourth-order valence-electron chi connectivity index (χ4n) is 2.97. The molecule has 0 saturated heterocycles. The second kappa shape index (κ2) is 11.5. The summed E-state index contributed by atoms with van der Waals surface area (Å²) >= 11 is 1.44. The molecule has 0 radical (unpaired) electrons. The fraction of sp³-hybridized carbons (Fsp3) is 0.417. The Morgan fingerprint density at radius 1 is 1.15 bits per heavy atom. The highest BCUT2D eigenvalue weighted by Crippen LogP contribution is 2.31. The van der Waals surface area contributed by atoms with E-state index in [1.807, 2.05) is 78.2 Å². The molecule has 0 unspecified atom stereocenters. The summed E-state index contributed by atoms with van der Waals surface area (Å²) in [7, 11) is 4.03. The molecule has 182 valence electrons. The summed E-state index contributed by atoms with van der Waals surface area (Å²) in [5.41, 5.74) is 1.87. The molecule has 0 aliphatic rings. The minimum atomic E-state index is -0.611. The topological polar surface area (TPSA) is 108 Å². The van der Waals surface area contributed by atoms with E-state index in [4.69, 9.17) is 14.7 Å². The highest BCUT2D eigenvalue weighted by atomic mass is 32.2. The van der Waals surface area contributed by atoms with Crippen LogP contribution in [0.3, 0.4) is 0 Å². The van der Waals surface area contributed by atoms with Crippen LogP contribution >= 0.6 is 11.8 Å². The molecule has 0 saturated carbocycles. The predicted molar refractivity (Wildman–Crippen MR) is 136 cm³/mol. The quantitative estimate of drug-likeness (QED) is 0.341. The molecule has 34 heavy (non-hydrogen) atoms. The lowest BCUT2D eigenvalue weighted by molar-refractivity contribution is -0.115.